The number of nitrogens with one attached hydrogen (secondary N) is 1. The van der Waals surface area contributed by atoms with Gasteiger partial charge in [-0.1, -0.05) is 36.9 Å². The van der Waals surface area contributed by atoms with Gasteiger partial charge in [-0.05, 0) is 37.6 Å². The first-order chi connectivity index (χ1) is 14.1. The average Bonchev–Trinajstić information content (AvgIpc) is 3.14. The number of thioether (sulfide) groups is 1. The molecule has 29 heavy (non-hydrogen) atoms. The number of nitrogens with zero attached hydrogens (tertiary/aromatic N) is 4. The number of ether oxygens (including phenoxy) is 1. The fourth-order valence-electron chi connectivity index (χ4n) is 3.08. The summed E-state index contributed by atoms with van der Waals surface area (Å²) in [6.07, 6.45) is 0.643. The molecule has 0 aliphatic heterocycles. The summed E-state index contributed by atoms with van der Waals surface area (Å²) in [6, 6.07) is 15.1. The second-order valence-corrected chi connectivity index (χ2v) is 7.71. The molecule has 0 saturated carbocycles. The zero-order chi connectivity index (χ0) is 20.4. The van der Waals surface area contributed by atoms with Crippen LogP contribution in [0, 0.1) is 6.92 Å². The van der Waals surface area contributed by atoms with Gasteiger partial charge in [-0.2, -0.15) is 4.52 Å². The highest BCUT2D eigenvalue weighted by atomic mass is 32.2. The van der Waals surface area contributed by atoms with E-state index in [2.05, 4.69) is 15.4 Å². The summed E-state index contributed by atoms with van der Waals surface area (Å²) < 4.78 is 6.95. The van der Waals surface area contributed by atoms with Crippen molar-refractivity contribution in [2.45, 2.75) is 30.7 Å². The van der Waals surface area contributed by atoms with E-state index in [4.69, 9.17) is 9.72 Å². The summed E-state index contributed by atoms with van der Waals surface area (Å²) in [5.41, 5.74) is 2.28. The van der Waals surface area contributed by atoms with Gasteiger partial charge < -0.3 is 10.1 Å². The number of para-hydroxylation sites is 1. The quantitative estimate of drug-likeness (QED) is 0.383. The lowest BCUT2D eigenvalue weighted by Gasteiger charge is -2.15. The molecule has 4 rings (SSSR count). The molecule has 1 atom stereocenters. The molecule has 0 bridgehead atoms. The summed E-state index contributed by atoms with van der Waals surface area (Å²) in [5, 5.41) is 8.71. The monoisotopic (exact) mass is 407 g/mol. The molecule has 4 aromatic rings. The summed E-state index contributed by atoms with van der Waals surface area (Å²) in [5.74, 6) is 1.27. The van der Waals surface area contributed by atoms with Crippen molar-refractivity contribution in [2.75, 3.05) is 12.4 Å². The number of fused-ring (bicyclic) bond motifs is 3. The molecule has 0 aliphatic rings. The molecule has 8 heteroatoms. The summed E-state index contributed by atoms with van der Waals surface area (Å²) in [4.78, 5) is 22.2. The van der Waals surface area contributed by atoms with E-state index in [-0.39, 0.29) is 11.2 Å². The maximum atomic E-state index is 12.9. The van der Waals surface area contributed by atoms with Gasteiger partial charge >= 0.3 is 0 Å². The first-order valence-corrected chi connectivity index (χ1v) is 10.2. The number of anilines is 1. The van der Waals surface area contributed by atoms with Crippen LogP contribution in [0.25, 0.3) is 16.6 Å². The van der Waals surface area contributed by atoms with Crippen molar-refractivity contribution in [1.29, 1.82) is 0 Å². The van der Waals surface area contributed by atoms with Crippen LogP contribution in [0.1, 0.15) is 19.2 Å². The third-order valence-corrected chi connectivity index (χ3v) is 5.81. The number of hydrogen-bond acceptors (Lipinski definition) is 6. The Morgan fingerprint density at radius 1 is 1.21 bits per heavy atom. The number of amides is 1. The SMILES string of the molecule is CC[C@@H](Sc1nc2ccccc2c2nc(C)nn12)C(=O)Nc1cccc(OC)c1. The molecule has 148 valence electrons. The van der Waals surface area contributed by atoms with Crippen LogP contribution in [0.4, 0.5) is 5.69 Å². The van der Waals surface area contributed by atoms with Gasteiger partial charge in [-0.15, -0.1) is 5.10 Å². The first-order valence-electron chi connectivity index (χ1n) is 9.32. The molecule has 0 saturated heterocycles. The average molecular weight is 407 g/mol. The second-order valence-electron chi connectivity index (χ2n) is 6.54. The van der Waals surface area contributed by atoms with Gasteiger partial charge in [0.05, 0.1) is 17.9 Å². The Kier molecular flexibility index (Phi) is 5.35. The van der Waals surface area contributed by atoms with Crippen molar-refractivity contribution in [2.24, 2.45) is 0 Å². The normalized spacial score (nSPS) is 12.2. The minimum absolute atomic E-state index is 0.0919. The third-order valence-electron chi connectivity index (χ3n) is 4.50. The number of carbonyl (C=O) groups is 1. The highest BCUT2D eigenvalue weighted by Gasteiger charge is 2.22. The minimum atomic E-state index is -0.331. The lowest BCUT2D eigenvalue weighted by molar-refractivity contribution is -0.115. The molecular formula is C21H21N5O2S. The molecular weight excluding hydrogens is 386 g/mol. The number of methoxy groups -OCH3 is 1. The molecule has 0 radical (unpaired) electrons. The van der Waals surface area contributed by atoms with E-state index in [1.165, 1.54) is 11.8 Å². The molecule has 2 aromatic carbocycles. The molecule has 0 fully saturated rings. The Balaban J connectivity index is 1.65. The van der Waals surface area contributed by atoms with Crippen LogP contribution in [0.2, 0.25) is 0 Å². The predicted octanol–water partition coefficient (Wildman–Crippen LogP) is 4.10. The van der Waals surface area contributed by atoms with Gasteiger partial charge in [0.1, 0.15) is 11.6 Å². The maximum Gasteiger partial charge on any atom is 0.237 e. The zero-order valence-corrected chi connectivity index (χ0v) is 17.2. The fraction of sp³-hybridized carbons (Fsp3) is 0.238. The highest BCUT2D eigenvalue weighted by Crippen LogP contribution is 2.29. The van der Waals surface area contributed by atoms with Gasteiger partial charge in [-0.3, -0.25) is 4.79 Å². The molecule has 2 heterocycles. The van der Waals surface area contributed by atoms with E-state index in [1.54, 1.807) is 17.7 Å². The van der Waals surface area contributed by atoms with Crippen molar-refractivity contribution < 1.29 is 9.53 Å². The lowest BCUT2D eigenvalue weighted by atomic mass is 10.2. The summed E-state index contributed by atoms with van der Waals surface area (Å²) in [7, 11) is 1.60. The van der Waals surface area contributed by atoms with Gasteiger partial charge in [0.2, 0.25) is 5.91 Å². The smallest absolute Gasteiger partial charge is 0.237 e. The number of aryl methyl sites for hydroxylation is 1. The van der Waals surface area contributed by atoms with Gasteiger partial charge in [0.15, 0.2) is 10.8 Å². The number of aromatic nitrogens is 4. The topological polar surface area (TPSA) is 81.4 Å². The van der Waals surface area contributed by atoms with Gasteiger partial charge in [-0.25, -0.2) is 9.97 Å². The van der Waals surface area contributed by atoms with Crippen LogP contribution in [0.5, 0.6) is 5.75 Å². The number of benzene rings is 2. The van der Waals surface area contributed by atoms with E-state index < -0.39 is 0 Å². The molecule has 0 spiro atoms. The minimum Gasteiger partial charge on any atom is -0.497 e. The lowest BCUT2D eigenvalue weighted by Crippen LogP contribution is -2.25. The van der Waals surface area contributed by atoms with Crippen molar-refractivity contribution in [3.8, 4) is 5.75 Å². The predicted molar refractivity (Wildman–Crippen MR) is 115 cm³/mol. The Labute approximate surface area is 172 Å². The number of carbonyl (C=O) groups excluding carboxylic acids is 1. The Bertz CT molecular complexity index is 1190. The standard InChI is InChI=1S/C21H21N5O2S/c1-4-18(20(27)23-14-8-7-9-15(12-14)28-3)29-21-24-17-11-6-5-10-16(17)19-22-13(2)25-26(19)21/h5-12,18H,4H2,1-3H3,(H,23,27)/t18-/m1/s1. The second kappa shape index (κ2) is 8.08. The van der Waals surface area contributed by atoms with Crippen LogP contribution in [-0.4, -0.2) is 37.8 Å². The third kappa shape index (κ3) is 3.88. The molecule has 1 N–H and O–H groups in total. The van der Waals surface area contributed by atoms with E-state index >= 15 is 0 Å². The first kappa shape index (κ1) is 19.2. The zero-order valence-electron chi connectivity index (χ0n) is 16.4. The Hall–Kier alpha value is -3.13. The van der Waals surface area contributed by atoms with E-state index in [1.807, 2.05) is 56.3 Å². The van der Waals surface area contributed by atoms with Crippen molar-refractivity contribution in [1.82, 2.24) is 19.6 Å². The number of hydrogen-bond donors (Lipinski definition) is 1. The van der Waals surface area contributed by atoms with Gasteiger partial charge in [0, 0.05) is 17.1 Å². The van der Waals surface area contributed by atoms with Crippen LogP contribution in [0.3, 0.4) is 0 Å². The fourth-order valence-corrected chi connectivity index (χ4v) is 4.05. The molecule has 0 unspecified atom stereocenters. The van der Waals surface area contributed by atoms with E-state index in [0.29, 0.717) is 28.8 Å². The van der Waals surface area contributed by atoms with Crippen molar-refractivity contribution >= 4 is 39.9 Å². The Morgan fingerprint density at radius 2 is 2.03 bits per heavy atom. The summed E-state index contributed by atoms with van der Waals surface area (Å²) >= 11 is 1.39. The van der Waals surface area contributed by atoms with Crippen LogP contribution >= 0.6 is 11.8 Å². The number of rotatable bonds is 6. The molecule has 7 nitrogen and oxygen atoms in total. The van der Waals surface area contributed by atoms with Crippen LogP contribution in [-0.2, 0) is 4.79 Å². The van der Waals surface area contributed by atoms with Gasteiger partial charge in [0.25, 0.3) is 0 Å². The molecule has 0 aliphatic carbocycles. The largest absolute Gasteiger partial charge is 0.497 e. The van der Waals surface area contributed by atoms with Crippen molar-refractivity contribution in [3.63, 3.8) is 0 Å². The summed E-state index contributed by atoms with van der Waals surface area (Å²) in [6.45, 7) is 3.83. The maximum absolute atomic E-state index is 12.9. The molecule has 2 aromatic heterocycles. The van der Waals surface area contributed by atoms with Crippen molar-refractivity contribution in [3.05, 3.63) is 54.4 Å². The van der Waals surface area contributed by atoms with E-state index in [9.17, 15) is 4.79 Å². The highest BCUT2D eigenvalue weighted by molar-refractivity contribution is 8.00. The van der Waals surface area contributed by atoms with E-state index in [0.717, 1.165) is 16.6 Å². The van der Waals surface area contributed by atoms with Crippen LogP contribution < -0.4 is 10.1 Å². The van der Waals surface area contributed by atoms with Crippen LogP contribution in [0.15, 0.2) is 53.7 Å². The Morgan fingerprint density at radius 3 is 2.83 bits per heavy atom. The molecule has 1 amide bonds.